The molecule has 3 unspecified atom stereocenters. The fourth-order valence-corrected chi connectivity index (χ4v) is 3.98. The molecule has 1 heterocycles. The number of piperidine rings is 1. The average Bonchev–Trinajstić information content (AvgIpc) is 2.38. The molecule has 1 aliphatic carbocycles. The first-order chi connectivity index (χ1) is 9.06. The molecule has 100 valence electrons. The minimum Gasteiger partial charge on any atom is -0.508 e. The average molecular weight is 256 g/mol. The molecule has 1 saturated heterocycles. The predicted molar refractivity (Wildman–Crippen MR) is 73.9 cm³/mol. The molecule has 0 saturated carbocycles. The molecule has 1 aromatic carbocycles. The molecular weight excluding hydrogens is 236 g/mol. The van der Waals surface area contributed by atoms with Crippen LogP contribution in [0, 0.1) is 17.2 Å². The first-order valence-electron chi connectivity index (χ1n) is 6.99. The third-order valence-corrected chi connectivity index (χ3v) is 5.38. The van der Waals surface area contributed by atoms with Gasteiger partial charge in [-0.1, -0.05) is 19.9 Å². The number of phenolic OH excluding ortho intramolecular Hbond substituents is 1. The Morgan fingerprint density at radius 1 is 1.53 bits per heavy atom. The van der Waals surface area contributed by atoms with Crippen molar-refractivity contribution in [3.05, 3.63) is 29.3 Å². The molecule has 1 N–H and O–H groups in total. The van der Waals surface area contributed by atoms with Crippen LogP contribution in [0.4, 0.5) is 0 Å². The van der Waals surface area contributed by atoms with Crippen molar-refractivity contribution in [1.29, 1.82) is 5.26 Å². The van der Waals surface area contributed by atoms with Crippen LogP contribution in [0.25, 0.3) is 0 Å². The van der Waals surface area contributed by atoms with E-state index in [0.717, 1.165) is 19.4 Å². The van der Waals surface area contributed by atoms with E-state index in [4.69, 9.17) is 5.26 Å². The van der Waals surface area contributed by atoms with E-state index in [1.807, 2.05) is 6.07 Å². The van der Waals surface area contributed by atoms with E-state index in [2.05, 4.69) is 30.9 Å². The number of rotatable bonds is 1. The summed E-state index contributed by atoms with van der Waals surface area (Å²) in [5.41, 5.74) is 2.78. The van der Waals surface area contributed by atoms with Gasteiger partial charge in [0.05, 0.1) is 12.6 Å². The standard InChI is InChI=1S/C16H20N2O/c1-11-15-9-12-3-4-13(19)10-14(12)16(11,2)5-7-18(15)8-6-17/h3-4,10-11,15,19H,5,7-9H2,1-2H3. The molecule has 1 aromatic rings. The van der Waals surface area contributed by atoms with Crippen LogP contribution in [-0.2, 0) is 11.8 Å². The van der Waals surface area contributed by atoms with Gasteiger partial charge >= 0.3 is 0 Å². The van der Waals surface area contributed by atoms with Gasteiger partial charge in [0.2, 0.25) is 0 Å². The Hall–Kier alpha value is -1.53. The van der Waals surface area contributed by atoms with Crippen molar-refractivity contribution in [2.45, 2.75) is 38.1 Å². The lowest BCUT2D eigenvalue weighted by molar-refractivity contribution is 0.0409. The molecule has 3 heteroatoms. The second-order valence-electron chi connectivity index (χ2n) is 6.20. The number of hydrogen-bond acceptors (Lipinski definition) is 3. The number of benzene rings is 1. The van der Waals surface area contributed by atoms with Crippen molar-refractivity contribution in [2.24, 2.45) is 5.92 Å². The number of fused-ring (bicyclic) bond motifs is 4. The maximum Gasteiger partial charge on any atom is 0.115 e. The van der Waals surface area contributed by atoms with Crippen molar-refractivity contribution in [2.75, 3.05) is 13.1 Å². The molecule has 1 fully saturated rings. The summed E-state index contributed by atoms with van der Waals surface area (Å²) in [5.74, 6) is 0.883. The normalized spacial score (nSPS) is 33.5. The second kappa shape index (κ2) is 4.25. The minimum atomic E-state index is 0.128. The topological polar surface area (TPSA) is 47.3 Å². The number of nitrogens with zero attached hydrogens (tertiary/aromatic N) is 2. The molecule has 0 amide bonds. The van der Waals surface area contributed by atoms with Crippen LogP contribution in [-0.4, -0.2) is 29.1 Å². The first kappa shape index (κ1) is 12.5. The zero-order valence-electron chi connectivity index (χ0n) is 11.6. The highest BCUT2D eigenvalue weighted by Gasteiger charge is 2.48. The number of nitriles is 1. The summed E-state index contributed by atoms with van der Waals surface area (Å²) in [6.07, 6.45) is 2.05. The van der Waals surface area contributed by atoms with Gasteiger partial charge in [0.25, 0.3) is 0 Å². The molecule has 0 spiro atoms. The zero-order valence-corrected chi connectivity index (χ0v) is 11.6. The molecule has 0 radical (unpaired) electrons. The highest BCUT2D eigenvalue weighted by Crippen LogP contribution is 2.49. The lowest BCUT2D eigenvalue weighted by atomic mass is 9.59. The van der Waals surface area contributed by atoms with Crippen LogP contribution < -0.4 is 0 Å². The number of aromatic hydroxyl groups is 1. The van der Waals surface area contributed by atoms with Gasteiger partial charge in [-0.2, -0.15) is 5.26 Å². The molecule has 2 aliphatic rings. The number of hydrogen-bond donors (Lipinski definition) is 1. The van der Waals surface area contributed by atoms with Crippen molar-refractivity contribution in [3.8, 4) is 11.8 Å². The third-order valence-electron chi connectivity index (χ3n) is 5.38. The Morgan fingerprint density at radius 3 is 3.05 bits per heavy atom. The van der Waals surface area contributed by atoms with Gasteiger partial charge in [0.15, 0.2) is 0 Å². The van der Waals surface area contributed by atoms with Gasteiger partial charge in [-0.15, -0.1) is 0 Å². The van der Waals surface area contributed by atoms with Crippen LogP contribution in [0.1, 0.15) is 31.4 Å². The van der Waals surface area contributed by atoms with E-state index in [-0.39, 0.29) is 5.41 Å². The fourth-order valence-electron chi connectivity index (χ4n) is 3.98. The van der Waals surface area contributed by atoms with Crippen molar-refractivity contribution < 1.29 is 5.11 Å². The Bertz CT molecular complexity index is 548. The quantitative estimate of drug-likeness (QED) is 0.785. The molecule has 2 bridgehead atoms. The Balaban J connectivity index is 2.06. The van der Waals surface area contributed by atoms with Gasteiger partial charge < -0.3 is 5.11 Å². The lowest BCUT2D eigenvalue weighted by Crippen LogP contribution is -2.57. The van der Waals surface area contributed by atoms with E-state index < -0.39 is 0 Å². The maximum atomic E-state index is 9.77. The SMILES string of the molecule is CC1C2Cc3ccc(O)cc3C1(C)CCN2CC#N. The summed E-state index contributed by atoms with van der Waals surface area (Å²) in [7, 11) is 0. The van der Waals surface area contributed by atoms with E-state index in [1.54, 1.807) is 6.07 Å². The highest BCUT2D eigenvalue weighted by molar-refractivity contribution is 5.44. The Kier molecular flexibility index (Phi) is 2.79. The van der Waals surface area contributed by atoms with Gasteiger partial charge in [0.1, 0.15) is 5.75 Å². The predicted octanol–water partition coefficient (Wildman–Crippen LogP) is 2.44. The van der Waals surface area contributed by atoms with Crippen LogP contribution >= 0.6 is 0 Å². The second-order valence-corrected chi connectivity index (χ2v) is 6.20. The molecule has 0 aromatic heterocycles. The Morgan fingerprint density at radius 2 is 2.32 bits per heavy atom. The van der Waals surface area contributed by atoms with Gasteiger partial charge in [-0.05, 0) is 47.4 Å². The van der Waals surface area contributed by atoms with Gasteiger partial charge in [-0.25, -0.2) is 0 Å². The Labute approximate surface area is 114 Å². The first-order valence-corrected chi connectivity index (χ1v) is 6.99. The van der Waals surface area contributed by atoms with Crippen LogP contribution in [0.2, 0.25) is 0 Å². The highest BCUT2D eigenvalue weighted by atomic mass is 16.3. The molecular formula is C16H20N2O. The summed E-state index contributed by atoms with van der Waals surface area (Å²) in [6.45, 7) is 6.11. The summed E-state index contributed by atoms with van der Waals surface area (Å²) >= 11 is 0. The van der Waals surface area contributed by atoms with Gasteiger partial charge in [-0.3, -0.25) is 4.90 Å². The fraction of sp³-hybridized carbons (Fsp3) is 0.562. The van der Waals surface area contributed by atoms with Crippen molar-refractivity contribution >= 4 is 0 Å². The maximum absolute atomic E-state index is 9.77. The lowest BCUT2D eigenvalue weighted by Gasteiger charge is -2.54. The smallest absolute Gasteiger partial charge is 0.115 e. The molecule has 3 atom stereocenters. The van der Waals surface area contributed by atoms with Crippen LogP contribution in [0.3, 0.4) is 0 Å². The summed E-state index contributed by atoms with van der Waals surface area (Å²) in [6, 6.07) is 8.53. The van der Waals surface area contributed by atoms with Gasteiger partial charge in [0, 0.05) is 12.6 Å². The van der Waals surface area contributed by atoms with E-state index in [9.17, 15) is 5.11 Å². The van der Waals surface area contributed by atoms with Crippen molar-refractivity contribution in [1.82, 2.24) is 4.90 Å². The summed E-state index contributed by atoms with van der Waals surface area (Å²) in [5, 5.41) is 18.7. The number of likely N-dealkylation sites (tertiary alicyclic amines) is 1. The zero-order chi connectivity index (χ0) is 13.6. The summed E-state index contributed by atoms with van der Waals surface area (Å²) < 4.78 is 0. The largest absolute Gasteiger partial charge is 0.508 e. The molecule has 3 rings (SSSR count). The van der Waals surface area contributed by atoms with Crippen LogP contribution in [0.5, 0.6) is 5.75 Å². The van der Waals surface area contributed by atoms with Crippen molar-refractivity contribution in [3.63, 3.8) is 0 Å². The third kappa shape index (κ3) is 1.74. The van der Waals surface area contributed by atoms with Crippen LogP contribution in [0.15, 0.2) is 18.2 Å². The number of phenols is 1. The van der Waals surface area contributed by atoms with E-state index in [1.165, 1.54) is 11.1 Å². The minimum absolute atomic E-state index is 0.128. The van der Waals surface area contributed by atoms with E-state index in [0.29, 0.717) is 24.3 Å². The monoisotopic (exact) mass is 256 g/mol. The summed E-state index contributed by atoms with van der Waals surface area (Å²) in [4.78, 5) is 2.32. The molecule has 19 heavy (non-hydrogen) atoms. The van der Waals surface area contributed by atoms with E-state index >= 15 is 0 Å². The molecule has 3 nitrogen and oxygen atoms in total. The molecule has 1 aliphatic heterocycles.